The number of primary amides is 1. The van der Waals surface area contributed by atoms with Crippen LogP contribution in [0.25, 0.3) is 10.9 Å². The van der Waals surface area contributed by atoms with E-state index in [1.54, 1.807) is 88.5 Å². The number of likely N-dealkylation sites (N-methyl/N-ethyl adjacent to an activating group) is 3. The van der Waals surface area contributed by atoms with Gasteiger partial charge in [0, 0.05) is 89.2 Å². The smallest absolute Gasteiger partial charge is 0.305 e. The van der Waals surface area contributed by atoms with Gasteiger partial charge in [-0.05, 0) is 140 Å². The van der Waals surface area contributed by atoms with Crippen molar-refractivity contribution in [1.29, 1.82) is 0 Å². The molecule has 0 unspecified atom stereocenters. The van der Waals surface area contributed by atoms with E-state index in [1.807, 2.05) is 6.92 Å². The number of fused-ring (bicyclic) bond motifs is 3. The normalized spacial score (nSPS) is 23.8. The number of carbonyl (C=O) groups is 16. The molecule has 706 valence electrons. The van der Waals surface area contributed by atoms with Gasteiger partial charge in [-0.1, -0.05) is 132 Å². The summed E-state index contributed by atoms with van der Waals surface area (Å²) in [6, 6.07) is 11.5. The third kappa shape index (κ3) is 28.8. The molecule has 16 N–H and O–H groups in total. The standard InChI is InChI=1S/C93H121F2N17O18S/c1-9-10-24-74-92(129)112-41-18-26-73(112)87(124)105-69(48-79(116)117)85(122)107-80(54(4)5)93(130)109(7)75(45-58-29-35-61(95)36-30-58)88(125)101-65(23-16-39-96)90(127)111-40-17-25-72(111)86(123)104-68(47-59-49-98-64-22-15-14-21-63(59)64)84(121)103-67(43-57-31-37-62(113)38-32-57)83(120)102-66(42-53(2)3)82(119)106-71(81(118)99-50-77(97)114)51-131-52-78(115)100-70(44-56-27-33-60(94)34-28-56)89(126)110(8)76(91(128)108(74)6)46-55-19-12-11-13-20-55/h11-15,19-22,27-38,49,53-54,65-76,80,98,113H,9-10,16-18,23-26,39-48,50-52,96H2,1-8H3,(H2,97,114)(H,99,118)(H,100,115)(H,101,125)(H,102,120)(H,103,121)(H,104,123)(H,105,124)(H,106,119)(H,107,122)(H,116,117)/t65-,66+,67-,68-,69-,70+,71-,72+,73+,74-,75+,76-,80-/m0/s1. The molecule has 0 spiro atoms. The molecule has 131 heavy (non-hydrogen) atoms. The number of hydrogen-bond acceptors (Lipinski definition) is 19. The molecule has 35 nitrogen and oxygen atoms in total. The number of amides is 15. The highest BCUT2D eigenvalue weighted by Crippen LogP contribution is 2.28. The first-order valence-electron chi connectivity index (χ1n) is 44.2. The number of hydrogen-bond donors (Lipinski definition) is 14. The first-order valence-corrected chi connectivity index (χ1v) is 45.3. The molecular formula is C93H121F2N17O18S. The summed E-state index contributed by atoms with van der Waals surface area (Å²) in [7, 11) is 3.94. The van der Waals surface area contributed by atoms with E-state index >= 15 is 47.9 Å². The van der Waals surface area contributed by atoms with Crippen molar-refractivity contribution in [2.45, 2.75) is 216 Å². The van der Waals surface area contributed by atoms with E-state index in [1.165, 1.54) is 84.4 Å². The number of aromatic hydroxyl groups is 1. The molecule has 13 atom stereocenters. The molecule has 4 heterocycles. The molecule has 0 radical (unpaired) electrons. The largest absolute Gasteiger partial charge is 0.508 e. The molecule has 0 saturated carbocycles. The summed E-state index contributed by atoms with van der Waals surface area (Å²) in [4.78, 5) is 246. The molecule has 6 aromatic rings. The van der Waals surface area contributed by atoms with Crippen molar-refractivity contribution in [2.75, 3.05) is 58.8 Å². The Labute approximate surface area is 763 Å². The van der Waals surface area contributed by atoms with Crippen LogP contribution in [0, 0.1) is 23.5 Å². The lowest BCUT2D eigenvalue weighted by Crippen LogP contribution is -2.62. The van der Waals surface area contributed by atoms with Crippen molar-refractivity contribution in [1.82, 2.24) is 77.3 Å². The summed E-state index contributed by atoms with van der Waals surface area (Å²) in [6.07, 6.45) is 0.472. The Morgan fingerprint density at radius 3 is 1.60 bits per heavy atom. The van der Waals surface area contributed by atoms with Crippen molar-refractivity contribution in [3.63, 3.8) is 0 Å². The average Bonchev–Trinajstić information content (AvgIpc) is 1.52. The molecule has 0 aliphatic carbocycles. The zero-order valence-electron chi connectivity index (χ0n) is 74.9. The summed E-state index contributed by atoms with van der Waals surface area (Å²) in [6.45, 7) is 7.61. The fraction of sp³-hybridized carbons (Fsp3) is 0.484. The molecule has 5 aromatic carbocycles. The minimum atomic E-state index is -1.92. The second-order valence-electron chi connectivity index (χ2n) is 34.3. The van der Waals surface area contributed by atoms with Crippen molar-refractivity contribution in [2.24, 2.45) is 23.3 Å². The Morgan fingerprint density at radius 2 is 1.02 bits per heavy atom. The third-order valence-corrected chi connectivity index (χ3v) is 24.7. The number of phenolic OH excluding ortho intramolecular Hbond substituents is 1. The van der Waals surface area contributed by atoms with Gasteiger partial charge in [0.15, 0.2) is 0 Å². The number of phenols is 1. The summed E-state index contributed by atoms with van der Waals surface area (Å²) < 4.78 is 29.3. The molecule has 3 aliphatic rings. The van der Waals surface area contributed by atoms with Gasteiger partial charge in [-0.25, -0.2) is 8.78 Å². The topological polar surface area (TPSA) is 506 Å². The molecular weight excluding hydrogens is 1710 g/mol. The maximum Gasteiger partial charge on any atom is 0.305 e. The number of aromatic nitrogens is 1. The molecule has 1 aromatic heterocycles. The van der Waals surface area contributed by atoms with Crippen LogP contribution in [0.15, 0.2) is 134 Å². The Morgan fingerprint density at radius 1 is 0.511 bits per heavy atom. The van der Waals surface area contributed by atoms with Gasteiger partial charge in [0.25, 0.3) is 0 Å². The Kier molecular flexibility index (Phi) is 37.9. The van der Waals surface area contributed by atoms with E-state index in [0.29, 0.717) is 51.6 Å². The van der Waals surface area contributed by atoms with Gasteiger partial charge in [-0.3, -0.25) is 76.7 Å². The number of nitrogens with zero attached hydrogens (tertiary/aromatic N) is 5. The van der Waals surface area contributed by atoms with Gasteiger partial charge in [0.2, 0.25) is 88.6 Å². The lowest BCUT2D eigenvalue weighted by molar-refractivity contribution is -0.152. The fourth-order valence-corrected chi connectivity index (χ4v) is 17.3. The first-order chi connectivity index (χ1) is 62.4. The number of aliphatic carboxylic acids is 1. The second-order valence-corrected chi connectivity index (χ2v) is 35.3. The van der Waals surface area contributed by atoms with E-state index in [4.69, 9.17) is 11.5 Å². The molecule has 3 aliphatic heterocycles. The summed E-state index contributed by atoms with van der Waals surface area (Å²) >= 11 is 0.790. The van der Waals surface area contributed by atoms with E-state index in [-0.39, 0.29) is 115 Å². The van der Waals surface area contributed by atoms with Crippen LogP contribution in [0.5, 0.6) is 5.75 Å². The first kappa shape index (κ1) is 102. The molecule has 15 amide bonds. The molecule has 3 fully saturated rings. The zero-order valence-corrected chi connectivity index (χ0v) is 75.7. The van der Waals surface area contributed by atoms with Gasteiger partial charge in [-0.15, -0.1) is 11.8 Å². The van der Waals surface area contributed by atoms with Crippen molar-refractivity contribution in [3.05, 3.63) is 173 Å². The summed E-state index contributed by atoms with van der Waals surface area (Å²) in [5, 5.41) is 45.5. The third-order valence-electron chi connectivity index (χ3n) is 23.6. The van der Waals surface area contributed by atoms with Crippen LogP contribution in [0.2, 0.25) is 0 Å². The molecule has 3 saturated heterocycles. The van der Waals surface area contributed by atoms with Gasteiger partial charge < -0.3 is 99.0 Å². The number of carbonyl (C=O) groups excluding carboxylic acids is 15. The number of halogens is 2. The number of carboxylic acid groups (broad SMARTS) is 1. The number of benzene rings is 5. The number of thioether (sulfide) groups is 1. The van der Waals surface area contributed by atoms with Gasteiger partial charge >= 0.3 is 5.97 Å². The quantitative estimate of drug-likeness (QED) is 0.0414. The number of carboxylic acids is 1. The lowest BCUT2D eigenvalue weighted by Gasteiger charge is -2.38. The fourth-order valence-electron chi connectivity index (χ4n) is 16.4. The number of nitrogens with one attached hydrogen (secondary N) is 10. The SMILES string of the molecule is CCCC[C@H]1C(=O)N2CCC[C@@H]2C(=O)N[C@@H](CC(=O)O)C(=O)N[C@@H](C(C)C)C(=O)N(C)[C@H](Cc2ccc(F)cc2)C(=O)N[C@@H](CCCN)C(=O)N2CCC[C@@H]2C(=O)N[C@@H](Cc2c[nH]c3ccccc23)C(=O)N[C@@H](Cc2ccc(O)cc2)C(=O)N[C@H](CC(C)C)C(=O)N[C@H](C(=O)NCC(N)=O)CSCC(=O)N[C@H](Cc2ccc(F)cc2)C(=O)N(C)[C@@H](Cc2ccccc2)C(=O)N1C. The second kappa shape index (κ2) is 48.7. The number of rotatable bonds is 24. The van der Waals surface area contributed by atoms with Crippen LogP contribution in [-0.4, -0.2) is 272 Å². The molecule has 38 heteroatoms. The highest BCUT2D eigenvalue weighted by atomic mass is 32.2. The van der Waals surface area contributed by atoms with E-state index in [9.17, 15) is 47.8 Å². The van der Waals surface area contributed by atoms with E-state index in [0.717, 1.165) is 45.8 Å². The summed E-state index contributed by atoms with van der Waals surface area (Å²) in [5.41, 5.74) is 14.3. The Balaban J connectivity index is 1.12. The summed E-state index contributed by atoms with van der Waals surface area (Å²) in [5.74, 6) is -18.7. The minimum absolute atomic E-state index is 0.00255. The average molecular weight is 1840 g/mol. The van der Waals surface area contributed by atoms with Gasteiger partial charge in [-0.2, -0.15) is 0 Å². The number of unbranched alkanes of at least 4 members (excludes halogenated alkanes) is 1. The molecule has 0 bridgehead atoms. The van der Waals surface area contributed by atoms with Crippen LogP contribution < -0.4 is 59.3 Å². The van der Waals surface area contributed by atoms with Crippen LogP contribution in [0.3, 0.4) is 0 Å². The van der Waals surface area contributed by atoms with Crippen LogP contribution in [0.1, 0.15) is 133 Å². The number of para-hydroxylation sites is 1. The number of aromatic amines is 1. The number of H-pyrrole nitrogens is 1. The predicted octanol–water partition coefficient (Wildman–Crippen LogP) is 2.46. The highest BCUT2D eigenvalue weighted by molar-refractivity contribution is 8.00. The van der Waals surface area contributed by atoms with Crippen LogP contribution >= 0.6 is 11.8 Å². The van der Waals surface area contributed by atoms with E-state index in [2.05, 4.69) is 52.8 Å². The van der Waals surface area contributed by atoms with Crippen molar-refractivity contribution in [3.8, 4) is 5.75 Å². The van der Waals surface area contributed by atoms with Gasteiger partial charge in [0.05, 0.1) is 18.7 Å². The van der Waals surface area contributed by atoms with Crippen LogP contribution in [0.4, 0.5) is 8.78 Å². The highest BCUT2D eigenvalue weighted by Gasteiger charge is 2.46. The maximum absolute atomic E-state index is 15.7. The molecule has 9 rings (SSSR count). The lowest BCUT2D eigenvalue weighted by atomic mass is 9.98. The van der Waals surface area contributed by atoms with Gasteiger partial charge in [0.1, 0.15) is 95.9 Å². The Bertz CT molecular complexity index is 5030. The predicted molar refractivity (Wildman–Crippen MR) is 483 cm³/mol. The van der Waals surface area contributed by atoms with Crippen molar-refractivity contribution >= 4 is 117 Å². The van der Waals surface area contributed by atoms with Crippen molar-refractivity contribution < 1.29 is 95.7 Å². The monoisotopic (exact) mass is 1830 g/mol. The Hall–Kier alpha value is -12.9. The number of nitrogens with two attached hydrogens (primary N) is 2. The zero-order chi connectivity index (χ0) is 95.4. The van der Waals surface area contributed by atoms with E-state index < -0.39 is 215 Å². The maximum atomic E-state index is 15.7. The minimum Gasteiger partial charge on any atom is -0.508 e. The van der Waals surface area contributed by atoms with Crippen LogP contribution in [-0.2, 0) is 109 Å².